The maximum Gasteiger partial charge on any atom is 0.325 e. The van der Waals surface area contributed by atoms with Crippen molar-refractivity contribution < 1.29 is 9.53 Å². The van der Waals surface area contributed by atoms with Crippen LogP contribution in [0.25, 0.3) is 0 Å². The van der Waals surface area contributed by atoms with E-state index in [0.29, 0.717) is 0 Å². The molecule has 1 N–H and O–H groups in total. The van der Waals surface area contributed by atoms with Crippen LogP contribution in [-0.4, -0.2) is 50.2 Å². The minimum Gasteiger partial charge on any atom is -0.468 e. The van der Waals surface area contributed by atoms with Crippen LogP contribution in [0.15, 0.2) is 0 Å². The van der Waals surface area contributed by atoms with Gasteiger partial charge in [-0.1, -0.05) is 20.3 Å². The zero-order valence-corrected chi connectivity index (χ0v) is 13.4. The van der Waals surface area contributed by atoms with Gasteiger partial charge in [0.2, 0.25) is 0 Å². The highest BCUT2D eigenvalue weighted by molar-refractivity contribution is 5.80. The average molecular weight is 272 g/mol. The first kappa shape index (κ1) is 18.4. The monoisotopic (exact) mass is 272 g/mol. The Balaban J connectivity index is 4.15. The predicted molar refractivity (Wildman–Crippen MR) is 80.4 cm³/mol. The second-order valence-electron chi connectivity index (χ2n) is 5.51. The largest absolute Gasteiger partial charge is 0.468 e. The molecule has 1 atom stereocenters. The Kier molecular flexibility index (Phi) is 9.88. The lowest BCUT2D eigenvalue weighted by molar-refractivity contribution is -0.148. The van der Waals surface area contributed by atoms with Gasteiger partial charge in [-0.05, 0) is 59.3 Å². The molecule has 0 radical (unpaired) electrons. The molecular formula is C15H32N2O2. The fourth-order valence-corrected chi connectivity index (χ4v) is 2.13. The summed E-state index contributed by atoms with van der Waals surface area (Å²) in [6.45, 7) is 9.26. The number of hydrogen-bond acceptors (Lipinski definition) is 4. The minimum absolute atomic E-state index is 0.155. The summed E-state index contributed by atoms with van der Waals surface area (Å²) < 4.78 is 4.92. The van der Waals surface area contributed by atoms with Gasteiger partial charge in [-0.2, -0.15) is 0 Å². The normalized spacial score (nSPS) is 14.4. The lowest BCUT2D eigenvalue weighted by Gasteiger charge is -2.29. The van der Waals surface area contributed by atoms with E-state index in [4.69, 9.17) is 4.74 Å². The quantitative estimate of drug-likeness (QED) is 0.587. The molecule has 114 valence electrons. The minimum atomic E-state index is -0.545. The highest BCUT2D eigenvalue weighted by Gasteiger charge is 2.32. The van der Waals surface area contributed by atoms with E-state index in [-0.39, 0.29) is 5.97 Å². The molecule has 0 aromatic heterocycles. The lowest BCUT2D eigenvalue weighted by atomic mass is 9.95. The maximum atomic E-state index is 11.9. The van der Waals surface area contributed by atoms with E-state index in [9.17, 15) is 4.79 Å². The van der Waals surface area contributed by atoms with Crippen LogP contribution in [0.4, 0.5) is 0 Å². The molecule has 0 aromatic rings. The Bertz CT molecular complexity index is 246. The molecule has 0 saturated heterocycles. The summed E-state index contributed by atoms with van der Waals surface area (Å²) in [7, 11) is 3.60. The van der Waals surface area contributed by atoms with E-state index < -0.39 is 5.54 Å². The lowest BCUT2D eigenvalue weighted by Crippen LogP contribution is -2.50. The van der Waals surface area contributed by atoms with Crippen molar-refractivity contribution in [3.63, 3.8) is 0 Å². The highest BCUT2D eigenvalue weighted by atomic mass is 16.5. The number of nitrogens with zero attached hydrogens (tertiary/aromatic N) is 1. The molecular weight excluding hydrogens is 240 g/mol. The van der Waals surface area contributed by atoms with E-state index in [0.717, 1.165) is 38.9 Å². The Hall–Kier alpha value is -0.610. The van der Waals surface area contributed by atoms with Crippen molar-refractivity contribution in [2.45, 2.75) is 58.4 Å². The molecule has 1 unspecified atom stereocenters. The first-order valence-electron chi connectivity index (χ1n) is 7.52. The van der Waals surface area contributed by atoms with Crippen LogP contribution >= 0.6 is 0 Å². The number of rotatable bonds is 11. The number of methoxy groups -OCH3 is 1. The van der Waals surface area contributed by atoms with Crippen LogP contribution in [0.3, 0.4) is 0 Å². The van der Waals surface area contributed by atoms with Crippen LogP contribution in [-0.2, 0) is 9.53 Å². The van der Waals surface area contributed by atoms with Crippen LogP contribution in [0.1, 0.15) is 52.9 Å². The molecule has 19 heavy (non-hydrogen) atoms. The smallest absolute Gasteiger partial charge is 0.325 e. The summed E-state index contributed by atoms with van der Waals surface area (Å²) in [5, 5.41) is 3.32. The molecule has 0 rings (SSSR count). The van der Waals surface area contributed by atoms with Gasteiger partial charge in [0.1, 0.15) is 5.54 Å². The summed E-state index contributed by atoms with van der Waals surface area (Å²) in [6.07, 6.45) is 5.29. The van der Waals surface area contributed by atoms with Gasteiger partial charge in [0.25, 0.3) is 0 Å². The molecule has 0 heterocycles. The van der Waals surface area contributed by atoms with Crippen molar-refractivity contribution >= 4 is 5.97 Å². The molecule has 0 saturated carbocycles. The van der Waals surface area contributed by atoms with Gasteiger partial charge in [0.15, 0.2) is 0 Å². The second-order valence-corrected chi connectivity index (χ2v) is 5.51. The molecule has 0 fully saturated rings. The number of ether oxygens (including phenoxy) is 1. The van der Waals surface area contributed by atoms with Crippen molar-refractivity contribution in [1.29, 1.82) is 0 Å². The van der Waals surface area contributed by atoms with Crippen molar-refractivity contribution in [2.24, 2.45) is 0 Å². The fourth-order valence-electron chi connectivity index (χ4n) is 2.13. The van der Waals surface area contributed by atoms with Gasteiger partial charge in [-0.25, -0.2) is 0 Å². The standard InChI is InChI=1S/C15H32N2O2/c1-6-8-12-17(4)13-9-10-15(3,14(18)19-5)16-11-7-2/h16H,6-13H2,1-5H3. The summed E-state index contributed by atoms with van der Waals surface area (Å²) in [5.74, 6) is -0.155. The summed E-state index contributed by atoms with van der Waals surface area (Å²) >= 11 is 0. The molecule has 0 bridgehead atoms. The topological polar surface area (TPSA) is 41.6 Å². The van der Waals surface area contributed by atoms with Crippen LogP contribution in [0.2, 0.25) is 0 Å². The summed E-state index contributed by atoms with van der Waals surface area (Å²) in [5.41, 5.74) is -0.545. The van der Waals surface area contributed by atoms with Gasteiger partial charge in [0, 0.05) is 0 Å². The molecule has 0 aliphatic rings. The number of nitrogens with one attached hydrogen (secondary N) is 1. The first-order chi connectivity index (χ1) is 9.00. The van der Waals surface area contributed by atoms with Crippen molar-refractivity contribution in [2.75, 3.05) is 33.8 Å². The van der Waals surface area contributed by atoms with Crippen molar-refractivity contribution in [1.82, 2.24) is 10.2 Å². The molecule has 4 nitrogen and oxygen atoms in total. The van der Waals surface area contributed by atoms with Gasteiger partial charge in [-0.3, -0.25) is 4.79 Å². The third kappa shape index (κ3) is 7.53. The number of hydrogen-bond donors (Lipinski definition) is 1. The van der Waals surface area contributed by atoms with E-state index in [1.54, 1.807) is 0 Å². The van der Waals surface area contributed by atoms with E-state index >= 15 is 0 Å². The molecule has 0 amide bonds. The second kappa shape index (κ2) is 10.2. The van der Waals surface area contributed by atoms with E-state index in [1.807, 2.05) is 6.92 Å². The van der Waals surface area contributed by atoms with Gasteiger partial charge in [0.05, 0.1) is 7.11 Å². The third-order valence-corrected chi connectivity index (χ3v) is 3.51. The average Bonchev–Trinajstić information content (AvgIpc) is 2.41. The molecule has 0 aliphatic carbocycles. The van der Waals surface area contributed by atoms with Gasteiger partial charge in [-0.15, -0.1) is 0 Å². The van der Waals surface area contributed by atoms with Crippen molar-refractivity contribution in [3.8, 4) is 0 Å². The molecule has 0 aliphatic heterocycles. The van der Waals surface area contributed by atoms with E-state index in [1.165, 1.54) is 20.0 Å². The Morgan fingerprint density at radius 3 is 2.37 bits per heavy atom. The molecule has 0 spiro atoms. The van der Waals surface area contributed by atoms with E-state index in [2.05, 4.69) is 31.1 Å². The molecule has 0 aromatic carbocycles. The van der Waals surface area contributed by atoms with Gasteiger partial charge >= 0.3 is 5.97 Å². The zero-order valence-electron chi connectivity index (χ0n) is 13.4. The van der Waals surface area contributed by atoms with Crippen molar-refractivity contribution in [3.05, 3.63) is 0 Å². The van der Waals surface area contributed by atoms with Crippen LogP contribution in [0, 0.1) is 0 Å². The zero-order chi connectivity index (χ0) is 14.7. The third-order valence-electron chi connectivity index (χ3n) is 3.51. The number of unbranched alkanes of at least 4 members (excludes halogenated alkanes) is 1. The van der Waals surface area contributed by atoms with Gasteiger partial charge < -0.3 is 15.0 Å². The summed E-state index contributed by atoms with van der Waals surface area (Å²) in [6, 6.07) is 0. The SMILES string of the molecule is CCCCN(C)CCCC(C)(NCCC)C(=O)OC. The number of carbonyl (C=O) groups excluding carboxylic acids is 1. The Labute approximate surface area is 118 Å². The fraction of sp³-hybridized carbons (Fsp3) is 0.933. The summed E-state index contributed by atoms with van der Waals surface area (Å²) in [4.78, 5) is 14.2. The van der Waals surface area contributed by atoms with Crippen LogP contribution in [0.5, 0.6) is 0 Å². The maximum absolute atomic E-state index is 11.9. The predicted octanol–water partition coefficient (Wildman–Crippen LogP) is 2.43. The molecule has 4 heteroatoms. The number of carbonyl (C=O) groups is 1. The van der Waals surface area contributed by atoms with Crippen LogP contribution < -0.4 is 5.32 Å². The Morgan fingerprint density at radius 1 is 1.21 bits per heavy atom. The Morgan fingerprint density at radius 2 is 1.84 bits per heavy atom. The highest BCUT2D eigenvalue weighted by Crippen LogP contribution is 2.15. The first-order valence-corrected chi connectivity index (χ1v) is 7.52. The number of esters is 1.